The van der Waals surface area contributed by atoms with Crippen LogP contribution >= 0.6 is 0 Å². The minimum absolute atomic E-state index is 0.196. The zero-order valence-electron chi connectivity index (χ0n) is 16.2. The lowest BCUT2D eigenvalue weighted by Gasteiger charge is -2.16. The van der Waals surface area contributed by atoms with E-state index in [9.17, 15) is 19.2 Å². The van der Waals surface area contributed by atoms with Crippen molar-refractivity contribution < 1.29 is 19.2 Å². The topological polar surface area (TPSA) is 110 Å². The largest absolute Gasteiger partial charge is 0.368 e. The van der Waals surface area contributed by atoms with Gasteiger partial charge in [0.05, 0.1) is 11.1 Å². The summed E-state index contributed by atoms with van der Waals surface area (Å²) in [5.41, 5.74) is 7.00. The number of amides is 4. The average Bonchev–Trinajstić information content (AvgIpc) is 2.96. The quantitative estimate of drug-likeness (QED) is 0.668. The van der Waals surface area contributed by atoms with Gasteiger partial charge < -0.3 is 11.1 Å². The average molecular weight is 393 g/mol. The normalized spacial score (nSPS) is 13.9. The van der Waals surface area contributed by atoms with Crippen LogP contribution in [0.4, 0.5) is 0 Å². The van der Waals surface area contributed by atoms with E-state index in [0.29, 0.717) is 12.1 Å². The summed E-state index contributed by atoms with van der Waals surface area (Å²) in [5, 5.41) is 2.62. The Balaban J connectivity index is 1.77. The number of primary amides is 1. The smallest absolute Gasteiger partial charge is 0.261 e. The van der Waals surface area contributed by atoms with Crippen LogP contribution in [-0.2, 0) is 11.2 Å². The number of nitrogens with one attached hydrogen (secondary N) is 1. The molecule has 1 atom stereocenters. The van der Waals surface area contributed by atoms with E-state index < -0.39 is 23.8 Å². The first-order chi connectivity index (χ1) is 13.9. The maximum Gasteiger partial charge on any atom is 0.261 e. The summed E-state index contributed by atoms with van der Waals surface area (Å²) in [6.07, 6.45) is 1.84. The van der Waals surface area contributed by atoms with Gasteiger partial charge in [0.15, 0.2) is 0 Å². The number of carbonyl (C=O) groups is 4. The van der Waals surface area contributed by atoms with Gasteiger partial charge in [-0.25, -0.2) is 0 Å². The van der Waals surface area contributed by atoms with Gasteiger partial charge in [-0.3, -0.25) is 24.1 Å². The van der Waals surface area contributed by atoms with E-state index in [1.165, 1.54) is 23.1 Å². The second-order valence-electron chi connectivity index (χ2n) is 6.99. The Morgan fingerprint density at radius 2 is 1.72 bits per heavy atom. The van der Waals surface area contributed by atoms with E-state index in [0.717, 1.165) is 18.4 Å². The molecule has 0 saturated heterocycles. The number of fused-ring (bicyclic) bond motifs is 1. The minimum Gasteiger partial charge on any atom is -0.368 e. The number of rotatable bonds is 8. The van der Waals surface area contributed by atoms with Gasteiger partial charge in [-0.05, 0) is 30.2 Å². The summed E-state index contributed by atoms with van der Waals surface area (Å²) in [6.45, 7) is 2.33. The molecule has 0 unspecified atom stereocenters. The molecule has 0 aromatic heterocycles. The van der Waals surface area contributed by atoms with Crippen molar-refractivity contribution in [2.45, 2.75) is 32.2 Å². The van der Waals surface area contributed by atoms with Crippen LogP contribution in [0.2, 0.25) is 0 Å². The molecule has 150 valence electrons. The van der Waals surface area contributed by atoms with Gasteiger partial charge >= 0.3 is 0 Å². The highest BCUT2D eigenvalue weighted by atomic mass is 16.2. The highest BCUT2D eigenvalue weighted by molar-refractivity contribution is 6.22. The molecule has 1 aliphatic heterocycles. The Labute approximate surface area is 168 Å². The van der Waals surface area contributed by atoms with Crippen molar-refractivity contribution >= 4 is 23.6 Å². The van der Waals surface area contributed by atoms with Crippen molar-refractivity contribution in [3.63, 3.8) is 0 Å². The first-order valence-electron chi connectivity index (χ1n) is 9.56. The van der Waals surface area contributed by atoms with Gasteiger partial charge in [-0.2, -0.15) is 0 Å². The van der Waals surface area contributed by atoms with Crippen LogP contribution in [0.1, 0.15) is 56.4 Å². The summed E-state index contributed by atoms with van der Waals surface area (Å²) in [6, 6.07) is 12.7. The molecule has 1 aliphatic rings. The fraction of sp³-hybridized carbons (Fsp3) is 0.273. The lowest BCUT2D eigenvalue weighted by Crippen LogP contribution is -2.45. The molecule has 3 rings (SSSR count). The first kappa shape index (κ1) is 20.3. The Hall–Kier alpha value is -3.48. The van der Waals surface area contributed by atoms with Crippen molar-refractivity contribution in [3.05, 3.63) is 70.8 Å². The maximum atomic E-state index is 12.7. The third kappa shape index (κ3) is 4.34. The Morgan fingerprint density at radius 1 is 1.03 bits per heavy atom. The zero-order chi connectivity index (χ0) is 21.0. The van der Waals surface area contributed by atoms with E-state index in [2.05, 4.69) is 5.32 Å². The molecule has 2 aromatic rings. The van der Waals surface area contributed by atoms with Crippen LogP contribution in [0.25, 0.3) is 0 Å². The number of hydrogen-bond acceptors (Lipinski definition) is 4. The van der Waals surface area contributed by atoms with Gasteiger partial charge in [0.25, 0.3) is 17.7 Å². The van der Waals surface area contributed by atoms with Crippen molar-refractivity contribution in [3.8, 4) is 0 Å². The van der Waals surface area contributed by atoms with E-state index in [-0.39, 0.29) is 23.5 Å². The van der Waals surface area contributed by atoms with Crippen molar-refractivity contribution in [2.75, 3.05) is 6.54 Å². The van der Waals surface area contributed by atoms with Crippen molar-refractivity contribution in [2.24, 2.45) is 5.73 Å². The third-order valence-electron chi connectivity index (χ3n) is 4.90. The Morgan fingerprint density at radius 3 is 2.38 bits per heavy atom. The summed E-state index contributed by atoms with van der Waals surface area (Å²) in [4.78, 5) is 50.6. The SMILES string of the molecule is CCCCN1C(=O)c2ccc(C(=O)N[C@@H](Cc3ccccc3)C(N)=O)cc2C1=O. The highest BCUT2D eigenvalue weighted by Gasteiger charge is 2.35. The predicted molar refractivity (Wildman–Crippen MR) is 107 cm³/mol. The summed E-state index contributed by atoms with van der Waals surface area (Å²) < 4.78 is 0. The number of unbranched alkanes of at least 4 members (excludes halogenated alkanes) is 1. The van der Waals surface area contributed by atoms with Gasteiger partial charge in [-0.15, -0.1) is 0 Å². The molecule has 2 aromatic carbocycles. The molecular weight excluding hydrogens is 370 g/mol. The lowest BCUT2D eigenvalue weighted by atomic mass is 10.0. The predicted octanol–water partition coefficient (Wildman–Crippen LogP) is 1.91. The van der Waals surface area contributed by atoms with E-state index >= 15 is 0 Å². The minimum atomic E-state index is -0.892. The van der Waals surface area contributed by atoms with Gasteiger partial charge in [0.2, 0.25) is 5.91 Å². The third-order valence-corrected chi connectivity index (χ3v) is 4.90. The first-order valence-corrected chi connectivity index (χ1v) is 9.56. The van der Waals surface area contributed by atoms with Crippen LogP contribution in [0.5, 0.6) is 0 Å². The molecule has 0 radical (unpaired) electrons. The Kier molecular flexibility index (Phi) is 6.07. The summed E-state index contributed by atoms with van der Waals surface area (Å²) in [7, 11) is 0. The standard InChI is InChI=1S/C22H23N3O4/c1-2-3-11-25-21(28)16-10-9-15(13-17(16)22(25)29)20(27)24-18(19(23)26)12-14-7-5-4-6-8-14/h4-10,13,18H,2-3,11-12H2,1H3,(H2,23,26)(H,24,27)/t18-/m0/s1. The number of nitrogens with zero attached hydrogens (tertiary/aromatic N) is 1. The monoisotopic (exact) mass is 393 g/mol. The zero-order valence-corrected chi connectivity index (χ0v) is 16.2. The molecule has 0 saturated carbocycles. The molecule has 7 nitrogen and oxygen atoms in total. The van der Waals surface area contributed by atoms with Crippen molar-refractivity contribution in [1.29, 1.82) is 0 Å². The molecule has 0 fully saturated rings. The van der Waals surface area contributed by atoms with Gasteiger partial charge in [0, 0.05) is 18.5 Å². The fourth-order valence-corrected chi connectivity index (χ4v) is 3.27. The van der Waals surface area contributed by atoms with Gasteiger partial charge in [0.1, 0.15) is 6.04 Å². The molecule has 0 spiro atoms. The molecule has 4 amide bonds. The summed E-state index contributed by atoms with van der Waals surface area (Å²) >= 11 is 0. The molecule has 0 bridgehead atoms. The number of nitrogens with two attached hydrogens (primary N) is 1. The number of imide groups is 1. The molecular formula is C22H23N3O4. The van der Waals surface area contributed by atoms with Crippen LogP contribution in [0.3, 0.4) is 0 Å². The molecule has 7 heteroatoms. The van der Waals surface area contributed by atoms with Crippen LogP contribution in [0.15, 0.2) is 48.5 Å². The molecule has 1 heterocycles. The molecule has 3 N–H and O–H groups in total. The van der Waals surface area contributed by atoms with Crippen molar-refractivity contribution in [1.82, 2.24) is 10.2 Å². The van der Waals surface area contributed by atoms with E-state index in [1.54, 1.807) is 0 Å². The maximum absolute atomic E-state index is 12.7. The summed E-state index contributed by atoms with van der Waals surface area (Å²) in [5.74, 6) is -1.92. The van der Waals surface area contributed by atoms with E-state index in [1.807, 2.05) is 37.3 Å². The van der Waals surface area contributed by atoms with Gasteiger partial charge in [-0.1, -0.05) is 43.7 Å². The fourth-order valence-electron chi connectivity index (χ4n) is 3.27. The Bertz CT molecular complexity index is 956. The van der Waals surface area contributed by atoms with E-state index in [4.69, 9.17) is 5.73 Å². The molecule has 29 heavy (non-hydrogen) atoms. The lowest BCUT2D eigenvalue weighted by molar-refractivity contribution is -0.119. The van der Waals surface area contributed by atoms with Crippen LogP contribution < -0.4 is 11.1 Å². The second kappa shape index (κ2) is 8.68. The number of carbonyl (C=O) groups excluding carboxylic acids is 4. The molecule has 0 aliphatic carbocycles. The van der Waals surface area contributed by atoms with Crippen LogP contribution in [-0.4, -0.2) is 41.1 Å². The highest BCUT2D eigenvalue weighted by Crippen LogP contribution is 2.24. The second-order valence-corrected chi connectivity index (χ2v) is 6.99. The number of hydrogen-bond donors (Lipinski definition) is 2. The van der Waals surface area contributed by atoms with Crippen LogP contribution in [0, 0.1) is 0 Å². The number of benzene rings is 2.